The lowest BCUT2D eigenvalue weighted by molar-refractivity contribution is -0.122. The molecule has 0 aliphatic heterocycles. The summed E-state index contributed by atoms with van der Waals surface area (Å²) in [6.07, 6.45) is 13.0. The van der Waals surface area contributed by atoms with Crippen molar-refractivity contribution in [1.29, 1.82) is 0 Å². The van der Waals surface area contributed by atoms with Gasteiger partial charge in [0.2, 0.25) is 5.91 Å². The van der Waals surface area contributed by atoms with Gasteiger partial charge in [0, 0.05) is 30.7 Å². The standard InChI is InChI=1S/C22H23ClN4O3S/c1-15(26-21(28)12-27-9-8-24-14-27)2-6-18-11-25-22(31-18)30-20-7-5-17(10-19(20)23)29-13-16-3-4-16/h2,5-11,14-16H,3-4,12-13H2,1H3,(H,26,28)/t15-/m0/s1. The number of halogens is 1. The summed E-state index contributed by atoms with van der Waals surface area (Å²) in [6.45, 7) is 2.89. The molecule has 7 nitrogen and oxygen atoms in total. The van der Waals surface area contributed by atoms with E-state index in [2.05, 4.69) is 15.3 Å². The van der Waals surface area contributed by atoms with E-state index in [0.29, 0.717) is 21.9 Å². The number of hydrogen-bond acceptors (Lipinski definition) is 6. The fourth-order valence-corrected chi connectivity index (χ4v) is 3.67. The van der Waals surface area contributed by atoms with Gasteiger partial charge in [0.25, 0.3) is 5.19 Å². The topological polar surface area (TPSA) is 78.3 Å². The maximum atomic E-state index is 12.0. The first kappa shape index (κ1) is 21.4. The second-order valence-electron chi connectivity index (χ2n) is 7.43. The van der Waals surface area contributed by atoms with Crippen LogP contribution in [-0.2, 0) is 11.3 Å². The van der Waals surface area contributed by atoms with Crippen LogP contribution in [0.4, 0.5) is 0 Å². The second-order valence-corrected chi connectivity index (χ2v) is 8.86. The highest BCUT2D eigenvalue weighted by molar-refractivity contribution is 7.14. The zero-order valence-corrected chi connectivity index (χ0v) is 18.6. The van der Waals surface area contributed by atoms with Gasteiger partial charge in [-0.15, -0.1) is 0 Å². The first-order chi connectivity index (χ1) is 15.0. The predicted octanol–water partition coefficient (Wildman–Crippen LogP) is 4.79. The molecule has 0 radical (unpaired) electrons. The normalized spacial score (nSPS) is 14.5. The van der Waals surface area contributed by atoms with Gasteiger partial charge in [0.05, 0.1) is 22.8 Å². The second kappa shape index (κ2) is 9.98. The maximum Gasteiger partial charge on any atom is 0.279 e. The van der Waals surface area contributed by atoms with E-state index in [1.165, 1.54) is 24.2 Å². The van der Waals surface area contributed by atoms with Crippen molar-refractivity contribution in [2.45, 2.75) is 32.4 Å². The Labute approximate surface area is 189 Å². The molecule has 1 saturated carbocycles. The number of benzene rings is 1. The summed E-state index contributed by atoms with van der Waals surface area (Å²) < 4.78 is 13.3. The molecule has 0 unspecified atom stereocenters. The van der Waals surface area contributed by atoms with Gasteiger partial charge in [-0.1, -0.05) is 29.0 Å². The zero-order valence-electron chi connectivity index (χ0n) is 17.0. The summed E-state index contributed by atoms with van der Waals surface area (Å²) in [5.74, 6) is 1.88. The van der Waals surface area contributed by atoms with E-state index < -0.39 is 0 Å². The molecule has 4 rings (SSSR count). The molecule has 9 heteroatoms. The summed E-state index contributed by atoms with van der Waals surface area (Å²) >= 11 is 7.72. The number of nitrogens with one attached hydrogen (secondary N) is 1. The molecule has 1 aliphatic carbocycles. The first-order valence-electron chi connectivity index (χ1n) is 10.0. The van der Waals surface area contributed by atoms with Gasteiger partial charge in [0.15, 0.2) is 0 Å². The molecular weight excluding hydrogens is 436 g/mol. The number of aromatic nitrogens is 3. The summed E-state index contributed by atoms with van der Waals surface area (Å²) in [7, 11) is 0. The quantitative estimate of drug-likeness (QED) is 0.472. The minimum Gasteiger partial charge on any atom is -0.493 e. The van der Waals surface area contributed by atoms with E-state index in [1.807, 2.05) is 25.1 Å². The Hall–Kier alpha value is -2.84. The van der Waals surface area contributed by atoms with E-state index in [1.54, 1.807) is 41.6 Å². The molecule has 0 bridgehead atoms. The molecule has 1 aromatic carbocycles. The minimum absolute atomic E-state index is 0.0809. The zero-order chi connectivity index (χ0) is 21.6. The molecule has 3 aromatic rings. The number of amides is 1. The lowest BCUT2D eigenvalue weighted by Crippen LogP contribution is -2.33. The number of carbonyl (C=O) groups excluding carboxylic acids is 1. The third kappa shape index (κ3) is 6.57. The summed E-state index contributed by atoms with van der Waals surface area (Å²) in [6, 6.07) is 5.29. The van der Waals surface area contributed by atoms with Gasteiger partial charge in [-0.05, 0) is 43.9 Å². The van der Waals surface area contributed by atoms with Crippen LogP contribution >= 0.6 is 22.9 Å². The van der Waals surface area contributed by atoms with Crippen molar-refractivity contribution in [1.82, 2.24) is 19.9 Å². The average Bonchev–Trinajstić information content (AvgIpc) is 3.22. The number of thiazole rings is 1. The molecule has 0 saturated heterocycles. The number of rotatable bonds is 10. The van der Waals surface area contributed by atoms with E-state index in [-0.39, 0.29) is 18.5 Å². The Morgan fingerprint density at radius 1 is 1.45 bits per heavy atom. The van der Waals surface area contributed by atoms with Crippen molar-refractivity contribution in [2.75, 3.05) is 6.61 Å². The smallest absolute Gasteiger partial charge is 0.279 e. The van der Waals surface area contributed by atoms with Crippen LogP contribution in [0, 0.1) is 5.92 Å². The Morgan fingerprint density at radius 3 is 3.06 bits per heavy atom. The van der Waals surface area contributed by atoms with Crippen molar-refractivity contribution >= 4 is 34.9 Å². The molecule has 1 atom stereocenters. The van der Waals surface area contributed by atoms with Crippen LogP contribution in [0.2, 0.25) is 5.02 Å². The van der Waals surface area contributed by atoms with E-state index >= 15 is 0 Å². The third-order valence-electron chi connectivity index (χ3n) is 4.61. The lowest BCUT2D eigenvalue weighted by Gasteiger charge is -2.09. The highest BCUT2D eigenvalue weighted by Gasteiger charge is 2.22. The molecule has 2 aromatic heterocycles. The highest BCUT2D eigenvalue weighted by atomic mass is 35.5. The van der Waals surface area contributed by atoms with Crippen LogP contribution in [0.25, 0.3) is 6.08 Å². The fraction of sp³-hybridized carbons (Fsp3) is 0.318. The third-order valence-corrected chi connectivity index (χ3v) is 5.74. The minimum atomic E-state index is -0.125. The molecule has 2 heterocycles. The van der Waals surface area contributed by atoms with E-state index in [0.717, 1.165) is 17.2 Å². The number of hydrogen-bond donors (Lipinski definition) is 1. The predicted molar refractivity (Wildman–Crippen MR) is 121 cm³/mol. The molecule has 0 spiro atoms. The first-order valence-corrected chi connectivity index (χ1v) is 11.2. The number of ether oxygens (including phenoxy) is 2. The number of carbonyl (C=O) groups is 1. The Balaban J connectivity index is 1.28. The summed E-state index contributed by atoms with van der Waals surface area (Å²) in [5.41, 5.74) is 0. The molecule has 1 aliphatic rings. The van der Waals surface area contributed by atoms with Crippen molar-refractivity contribution < 1.29 is 14.3 Å². The molecular formula is C22H23ClN4O3S. The molecule has 162 valence electrons. The monoisotopic (exact) mass is 458 g/mol. The van der Waals surface area contributed by atoms with Crippen molar-refractivity contribution in [3.8, 4) is 16.7 Å². The lowest BCUT2D eigenvalue weighted by atomic mass is 10.3. The van der Waals surface area contributed by atoms with E-state index in [4.69, 9.17) is 21.1 Å². The van der Waals surface area contributed by atoms with Gasteiger partial charge < -0.3 is 19.4 Å². The summed E-state index contributed by atoms with van der Waals surface area (Å²) in [5, 5.41) is 3.89. The van der Waals surface area contributed by atoms with Gasteiger partial charge in [-0.3, -0.25) is 4.79 Å². The number of imidazole rings is 1. The maximum absolute atomic E-state index is 12.0. The molecule has 1 amide bonds. The molecule has 1 fully saturated rings. The Bertz CT molecular complexity index is 1050. The van der Waals surface area contributed by atoms with Crippen LogP contribution in [0.5, 0.6) is 16.7 Å². The van der Waals surface area contributed by atoms with Gasteiger partial charge >= 0.3 is 0 Å². The molecule has 31 heavy (non-hydrogen) atoms. The fourth-order valence-electron chi connectivity index (χ4n) is 2.77. The van der Waals surface area contributed by atoms with Gasteiger partial charge in [-0.25, -0.2) is 9.97 Å². The number of nitrogens with zero attached hydrogens (tertiary/aromatic N) is 3. The largest absolute Gasteiger partial charge is 0.493 e. The van der Waals surface area contributed by atoms with Gasteiger partial charge in [-0.2, -0.15) is 0 Å². The molecule has 1 N–H and O–H groups in total. The van der Waals surface area contributed by atoms with Crippen molar-refractivity contribution in [2.24, 2.45) is 5.92 Å². The Kier molecular flexibility index (Phi) is 6.89. The summed E-state index contributed by atoms with van der Waals surface area (Å²) in [4.78, 5) is 21.2. The van der Waals surface area contributed by atoms with Crippen LogP contribution < -0.4 is 14.8 Å². The average molecular weight is 459 g/mol. The van der Waals surface area contributed by atoms with Crippen LogP contribution in [0.15, 0.2) is 49.2 Å². The highest BCUT2D eigenvalue weighted by Crippen LogP contribution is 2.35. The SMILES string of the molecule is C[C@@H](C=Cc1cnc(Oc2ccc(OCC3CC3)cc2Cl)s1)NC(=O)Cn1ccnc1. The van der Waals surface area contributed by atoms with Crippen LogP contribution in [0.1, 0.15) is 24.6 Å². The van der Waals surface area contributed by atoms with Crippen LogP contribution in [0.3, 0.4) is 0 Å². The Morgan fingerprint density at radius 2 is 2.32 bits per heavy atom. The van der Waals surface area contributed by atoms with Crippen molar-refractivity contribution in [3.05, 3.63) is 59.1 Å². The van der Waals surface area contributed by atoms with Crippen molar-refractivity contribution in [3.63, 3.8) is 0 Å². The van der Waals surface area contributed by atoms with Crippen LogP contribution in [-0.4, -0.2) is 33.1 Å². The van der Waals surface area contributed by atoms with Gasteiger partial charge in [0.1, 0.15) is 18.0 Å². The van der Waals surface area contributed by atoms with E-state index in [9.17, 15) is 4.79 Å².